The van der Waals surface area contributed by atoms with E-state index in [9.17, 15) is 68.1 Å². The molecule has 0 spiro atoms. The van der Waals surface area contributed by atoms with Crippen molar-refractivity contribution in [3.05, 3.63) is 102 Å². The summed E-state index contributed by atoms with van der Waals surface area (Å²) in [5.74, 6) is -13.7. The van der Waals surface area contributed by atoms with Crippen molar-refractivity contribution in [2.24, 2.45) is 29.0 Å². The van der Waals surface area contributed by atoms with Gasteiger partial charge in [0, 0.05) is 53.5 Å². The third-order valence-corrected chi connectivity index (χ3v) is 14.4. The molecule has 0 saturated heterocycles. The van der Waals surface area contributed by atoms with E-state index >= 15 is 4.79 Å². The average Bonchev–Trinajstić information content (AvgIpc) is 1.68. The Labute approximate surface area is 516 Å². The fourth-order valence-electron chi connectivity index (χ4n) is 9.69. The number of carboxylic acids is 1. The Balaban J connectivity index is 1.49. The van der Waals surface area contributed by atoms with E-state index in [1.54, 1.807) is 88.6 Å². The van der Waals surface area contributed by atoms with Gasteiger partial charge in [0.15, 0.2) is 0 Å². The molecule has 5 rings (SSSR count). The Kier molecular flexibility index (Phi) is 25.9. The summed E-state index contributed by atoms with van der Waals surface area (Å²) in [7, 11) is 0. The van der Waals surface area contributed by atoms with Gasteiger partial charge in [-0.2, -0.15) is 0 Å². The van der Waals surface area contributed by atoms with Crippen LogP contribution in [0.25, 0.3) is 21.8 Å². The van der Waals surface area contributed by atoms with Crippen LogP contribution < -0.4 is 65.1 Å². The number of fused-ring (bicyclic) bond motifs is 2. The summed E-state index contributed by atoms with van der Waals surface area (Å²) in [6, 6.07) is 5.26. The average molecular weight is 1250 g/mol. The fraction of sp³-hybridized carbons (Fsp3) is 0.433. The minimum atomic E-state index is -1.87. The lowest BCUT2D eigenvalue weighted by Gasteiger charge is -2.29. The highest BCUT2D eigenvalue weighted by Crippen LogP contribution is 2.22. The molecule has 0 aliphatic rings. The summed E-state index contributed by atoms with van der Waals surface area (Å²) < 4.78 is 0. The fourth-order valence-corrected chi connectivity index (χ4v) is 9.69. The SMILES string of the molecule is CC(C)C[C@H](NC(=O)[C@H](Cc1ccc(O)cc1)NC(=O)[C@@H](NC(=O)[C@@H](NC(=O)[C@@H](N)CC(N)=O)[C@@H](C)O)[C@@H](C)O)C(=O)N[C@@H](Cc1c[nH]c2ccccc12)C(=O)N[C@@H](Cc1c[nH]c2ccccc12)C(=O)N[C@H](C(=O)N[C@@H](CC(N)=O)C(=O)NCC(=O)O)C(C)C. The molecule has 2 heterocycles. The van der Waals surface area contributed by atoms with Crippen molar-refractivity contribution < 1.29 is 78.0 Å². The van der Waals surface area contributed by atoms with Crippen LogP contribution in [0, 0.1) is 11.8 Å². The first kappa shape index (κ1) is 70.8. The van der Waals surface area contributed by atoms with E-state index in [4.69, 9.17) is 22.3 Å². The summed E-state index contributed by atoms with van der Waals surface area (Å²) in [4.78, 5) is 168. The van der Waals surface area contributed by atoms with E-state index in [1.165, 1.54) is 24.3 Å². The van der Waals surface area contributed by atoms with Crippen LogP contribution in [0.5, 0.6) is 5.75 Å². The van der Waals surface area contributed by atoms with E-state index in [2.05, 4.69) is 57.8 Å². The molecule has 30 heteroatoms. The number of phenolic OH excluding ortho intramolecular Hbond substituents is 1. The third-order valence-electron chi connectivity index (χ3n) is 14.4. The molecule has 90 heavy (non-hydrogen) atoms. The number of hydrogen-bond acceptors (Lipinski definition) is 16. The second-order valence-electron chi connectivity index (χ2n) is 22.7. The van der Waals surface area contributed by atoms with E-state index in [1.807, 2.05) is 0 Å². The maximum absolute atomic E-state index is 15.2. The highest BCUT2D eigenvalue weighted by molar-refractivity contribution is 6.00. The number of aliphatic carboxylic acids is 1. The second kappa shape index (κ2) is 32.9. The van der Waals surface area contributed by atoms with E-state index in [0.717, 1.165) is 13.8 Å². The van der Waals surface area contributed by atoms with Gasteiger partial charge in [-0.25, -0.2) is 0 Å². The van der Waals surface area contributed by atoms with Gasteiger partial charge in [0.2, 0.25) is 65.0 Å². The van der Waals surface area contributed by atoms with Crippen LogP contribution in [0.1, 0.15) is 77.5 Å². The Morgan fingerprint density at radius 3 is 1.33 bits per heavy atom. The zero-order chi connectivity index (χ0) is 66.7. The number of amides is 11. The smallest absolute Gasteiger partial charge is 0.322 e. The molecule has 0 fully saturated rings. The number of aromatic nitrogens is 2. The van der Waals surface area contributed by atoms with Crippen molar-refractivity contribution in [1.29, 1.82) is 0 Å². The Morgan fingerprint density at radius 1 is 0.467 bits per heavy atom. The molecule has 0 unspecified atom stereocenters. The van der Waals surface area contributed by atoms with Crippen molar-refractivity contribution in [1.82, 2.24) is 57.8 Å². The predicted octanol–water partition coefficient (Wildman–Crippen LogP) is -3.00. The van der Waals surface area contributed by atoms with Gasteiger partial charge in [0.05, 0.1) is 31.1 Å². The van der Waals surface area contributed by atoms with Crippen molar-refractivity contribution in [2.45, 2.75) is 147 Å². The molecule has 30 nitrogen and oxygen atoms in total. The second-order valence-corrected chi connectivity index (χ2v) is 22.7. The van der Waals surface area contributed by atoms with Crippen LogP contribution >= 0.6 is 0 Å². The van der Waals surface area contributed by atoms with Gasteiger partial charge in [-0.15, -0.1) is 0 Å². The highest BCUT2D eigenvalue weighted by atomic mass is 16.4. The van der Waals surface area contributed by atoms with Gasteiger partial charge >= 0.3 is 5.97 Å². The number of aliphatic hydroxyl groups excluding tert-OH is 2. The van der Waals surface area contributed by atoms with Gasteiger partial charge in [-0.05, 0) is 73.1 Å². The number of para-hydroxylation sites is 2. The summed E-state index contributed by atoms with van der Waals surface area (Å²) in [5.41, 5.74) is 19.0. The summed E-state index contributed by atoms with van der Waals surface area (Å²) >= 11 is 0. The maximum atomic E-state index is 15.2. The molecule has 2 aromatic heterocycles. The summed E-state index contributed by atoms with van der Waals surface area (Å²) in [6.07, 6.45) is -2.25. The number of carbonyl (C=O) groups excluding carboxylic acids is 11. The number of carboxylic acid groups (broad SMARTS) is 1. The molecule has 0 aliphatic carbocycles. The van der Waals surface area contributed by atoms with Crippen molar-refractivity contribution in [3.63, 3.8) is 0 Å². The molecule has 0 aliphatic heterocycles. The number of primary amides is 2. The minimum Gasteiger partial charge on any atom is -0.508 e. The monoisotopic (exact) mass is 1250 g/mol. The van der Waals surface area contributed by atoms with Crippen molar-refractivity contribution in [3.8, 4) is 5.75 Å². The van der Waals surface area contributed by atoms with Gasteiger partial charge in [0.25, 0.3) is 0 Å². The molecule has 0 saturated carbocycles. The number of hydrogen-bond donors (Lipinski definition) is 18. The number of H-pyrrole nitrogens is 2. The molecule has 0 bridgehead atoms. The molecule has 5 aromatic rings. The van der Waals surface area contributed by atoms with Gasteiger partial charge in [-0.1, -0.05) is 76.2 Å². The molecule has 486 valence electrons. The largest absolute Gasteiger partial charge is 0.508 e. The molecule has 21 N–H and O–H groups in total. The van der Waals surface area contributed by atoms with Crippen molar-refractivity contribution >= 4 is 92.8 Å². The number of aromatic hydroxyl groups is 1. The standard InChI is InChI=1S/C60H80N14O16/c1-28(2)19-41(67-55(85)42(20-32-15-17-35(77)18-16-32)70-59(89)50(30(5)75)74-60(90)51(31(6)76)73-52(82)38(61)23-46(62)78)54(84)68-43(21-33-25-64-39-13-9-7-11-36(33)39)56(86)69-44(22-34-26-65-40-14-10-8-12-37(34)40)57(87)72-49(29(3)4)58(88)71-45(24-47(63)79)53(83)66-27-48(80)81/h7-18,25-26,28-31,38,41-45,49-51,64-65,75-77H,19-24,27,61H2,1-6H3,(H2,62,78)(H2,63,79)(H,66,83)(H,67,85)(H,68,84)(H,69,86)(H,70,89)(H,71,88)(H,72,87)(H,73,82)(H,74,90)(H,80,81)/t30-,31-,38+,41+,42+,43+,44+,45+,49+,50+,51+/m1/s1. The topological polar surface area (TPSA) is 504 Å². The summed E-state index contributed by atoms with van der Waals surface area (Å²) in [5, 5.41) is 64.2. The Bertz CT molecular complexity index is 3400. The Morgan fingerprint density at radius 2 is 0.867 bits per heavy atom. The van der Waals surface area contributed by atoms with Crippen LogP contribution in [0.15, 0.2) is 85.2 Å². The molecule has 0 radical (unpaired) electrons. The van der Waals surface area contributed by atoms with Crippen LogP contribution in [0.2, 0.25) is 0 Å². The molecule has 11 atom stereocenters. The zero-order valence-electron chi connectivity index (χ0n) is 50.5. The highest BCUT2D eigenvalue weighted by Gasteiger charge is 2.38. The molecule has 11 amide bonds. The van der Waals surface area contributed by atoms with E-state index < -0.39 is 163 Å². The van der Waals surface area contributed by atoms with Crippen LogP contribution in [-0.4, -0.2) is 174 Å². The number of nitrogens with one attached hydrogen (secondary N) is 11. The number of aromatic amines is 2. The summed E-state index contributed by atoms with van der Waals surface area (Å²) in [6.45, 7) is 8.03. The number of nitrogens with two attached hydrogens (primary N) is 3. The third kappa shape index (κ3) is 20.9. The number of aliphatic hydroxyl groups is 2. The number of rotatable bonds is 34. The zero-order valence-corrected chi connectivity index (χ0v) is 50.5. The number of carbonyl (C=O) groups is 12. The van der Waals surface area contributed by atoms with Gasteiger partial charge in [0.1, 0.15) is 60.6 Å². The van der Waals surface area contributed by atoms with Crippen LogP contribution in [0.4, 0.5) is 0 Å². The van der Waals surface area contributed by atoms with Crippen LogP contribution in [-0.2, 0) is 76.8 Å². The molecule has 3 aromatic carbocycles. The van der Waals surface area contributed by atoms with Gasteiger partial charge in [-0.3, -0.25) is 57.5 Å². The van der Waals surface area contributed by atoms with Crippen molar-refractivity contribution in [2.75, 3.05) is 6.54 Å². The lowest BCUT2D eigenvalue weighted by atomic mass is 9.98. The predicted molar refractivity (Wildman–Crippen MR) is 325 cm³/mol. The lowest BCUT2D eigenvalue weighted by molar-refractivity contribution is -0.139. The van der Waals surface area contributed by atoms with E-state index in [-0.39, 0.29) is 37.4 Å². The first-order chi connectivity index (χ1) is 42.4. The number of phenols is 1. The van der Waals surface area contributed by atoms with Crippen LogP contribution in [0.3, 0.4) is 0 Å². The normalized spacial score (nSPS) is 15.0. The first-order valence-electron chi connectivity index (χ1n) is 28.9. The molecular weight excluding hydrogens is 1170 g/mol. The maximum Gasteiger partial charge on any atom is 0.322 e. The lowest BCUT2D eigenvalue weighted by Crippen LogP contribution is -2.63. The first-order valence-corrected chi connectivity index (χ1v) is 28.9. The molecular formula is C60H80N14O16. The quantitative estimate of drug-likeness (QED) is 0.0195. The Hall–Kier alpha value is -9.94. The van der Waals surface area contributed by atoms with Gasteiger partial charge < -0.3 is 95.4 Å². The minimum absolute atomic E-state index is 0.0768. The van der Waals surface area contributed by atoms with E-state index in [0.29, 0.717) is 38.5 Å². The number of benzene rings is 3.